The van der Waals surface area contributed by atoms with Crippen LogP contribution in [-0.2, 0) is 9.63 Å². The van der Waals surface area contributed by atoms with Crippen molar-refractivity contribution in [1.29, 1.82) is 0 Å². The first-order valence-electron chi connectivity index (χ1n) is 5.05. The summed E-state index contributed by atoms with van der Waals surface area (Å²) in [7, 11) is 0. The molecule has 0 aliphatic carbocycles. The highest BCUT2D eigenvalue weighted by molar-refractivity contribution is 9.10. The van der Waals surface area contributed by atoms with Crippen LogP contribution in [0, 0.1) is 10.1 Å². The predicted molar refractivity (Wildman–Crippen MR) is 69.6 cm³/mol. The molecular formula is C11H7BrN2O5. The Balaban J connectivity index is 2.57. The molecule has 0 radical (unpaired) electrons. The molecule has 0 atom stereocenters. The van der Waals surface area contributed by atoms with Gasteiger partial charge in [-0.1, -0.05) is 5.16 Å². The van der Waals surface area contributed by atoms with Crippen molar-refractivity contribution in [1.82, 2.24) is 0 Å². The molecule has 0 aromatic heterocycles. The first kappa shape index (κ1) is 13.2. The third-order valence-corrected chi connectivity index (χ3v) is 3.07. The summed E-state index contributed by atoms with van der Waals surface area (Å²) < 4.78 is 0.162. The summed E-state index contributed by atoms with van der Waals surface area (Å²) in [4.78, 5) is 26.0. The minimum atomic E-state index is -0.667. The fourth-order valence-electron chi connectivity index (χ4n) is 1.50. The number of oxime groups is 1. The maximum absolute atomic E-state index is 11.4. The van der Waals surface area contributed by atoms with Crippen LogP contribution in [0.15, 0.2) is 27.3 Å². The van der Waals surface area contributed by atoms with Gasteiger partial charge < -0.3 is 9.94 Å². The summed E-state index contributed by atoms with van der Waals surface area (Å²) >= 11 is 3.01. The SMILES string of the molecule is CC1=NOC(=O)/C1=C\c1cc([N+](=O)[O-])cc(Br)c1O. The van der Waals surface area contributed by atoms with Gasteiger partial charge >= 0.3 is 5.97 Å². The number of nitrogens with zero attached hydrogens (tertiary/aromatic N) is 2. The number of benzene rings is 1. The number of halogens is 1. The minimum absolute atomic E-state index is 0.129. The largest absolute Gasteiger partial charge is 0.506 e. The molecule has 1 aromatic rings. The van der Waals surface area contributed by atoms with Crippen LogP contribution >= 0.6 is 15.9 Å². The van der Waals surface area contributed by atoms with Crippen molar-refractivity contribution in [2.24, 2.45) is 5.16 Å². The Labute approximate surface area is 115 Å². The maximum Gasteiger partial charge on any atom is 0.367 e. The Bertz CT molecular complexity index is 651. The van der Waals surface area contributed by atoms with Crippen molar-refractivity contribution >= 4 is 39.4 Å². The number of nitro groups is 1. The van der Waals surface area contributed by atoms with Crippen molar-refractivity contribution in [3.05, 3.63) is 37.9 Å². The molecule has 2 rings (SSSR count). The minimum Gasteiger partial charge on any atom is -0.506 e. The van der Waals surface area contributed by atoms with Crippen LogP contribution in [0.3, 0.4) is 0 Å². The first-order valence-corrected chi connectivity index (χ1v) is 5.84. The van der Waals surface area contributed by atoms with Crippen LogP contribution in [0.5, 0.6) is 5.75 Å². The molecule has 8 heteroatoms. The number of hydrogen-bond acceptors (Lipinski definition) is 6. The third kappa shape index (κ3) is 2.48. The second-order valence-electron chi connectivity index (χ2n) is 3.74. The van der Waals surface area contributed by atoms with E-state index in [4.69, 9.17) is 0 Å². The van der Waals surface area contributed by atoms with Gasteiger partial charge in [0.15, 0.2) is 0 Å². The van der Waals surface area contributed by atoms with Crippen molar-refractivity contribution in [3.8, 4) is 5.75 Å². The summed E-state index contributed by atoms with van der Waals surface area (Å²) in [6.07, 6.45) is 1.29. The lowest BCUT2D eigenvalue weighted by Gasteiger charge is -2.03. The summed E-state index contributed by atoms with van der Waals surface area (Å²) in [5, 5.41) is 24.1. The Morgan fingerprint density at radius 3 is 2.74 bits per heavy atom. The maximum atomic E-state index is 11.4. The Hall–Kier alpha value is -2.22. The number of phenolic OH excluding ortho intramolecular Hbond substituents is 1. The molecule has 0 bridgehead atoms. The normalized spacial score (nSPS) is 16.4. The molecule has 1 aliphatic rings. The standard InChI is InChI=1S/C11H7BrN2O5/c1-5-8(11(16)19-13-5)3-6-2-7(14(17)18)4-9(12)10(6)15/h2-4,15H,1H3/b8-3-. The molecule has 0 fully saturated rings. The second kappa shape index (κ2) is 4.81. The number of hydrogen-bond donors (Lipinski definition) is 1. The van der Waals surface area contributed by atoms with Gasteiger partial charge in [0, 0.05) is 17.7 Å². The molecule has 0 saturated carbocycles. The summed E-state index contributed by atoms with van der Waals surface area (Å²) in [5.74, 6) is -0.870. The number of non-ortho nitro benzene ring substituents is 1. The van der Waals surface area contributed by atoms with E-state index in [9.17, 15) is 20.0 Å². The van der Waals surface area contributed by atoms with Crippen molar-refractivity contribution in [2.45, 2.75) is 6.92 Å². The topological polar surface area (TPSA) is 102 Å². The van der Waals surface area contributed by atoms with E-state index < -0.39 is 10.9 Å². The van der Waals surface area contributed by atoms with Crippen LogP contribution in [0.4, 0.5) is 5.69 Å². The van der Waals surface area contributed by atoms with Gasteiger partial charge in [0.25, 0.3) is 5.69 Å². The zero-order chi connectivity index (χ0) is 14.2. The van der Waals surface area contributed by atoms with E-state index in [0.29, 0.717) is 5.71 Å². The molecule has 1 heterocycles. The molecule has 0 unspecified atom stereocenters. The lowest BCUT2D eigenvalue weighted by atomic mass is 10.1. The van der Waals surface area contributed by atoms with Gasteiger partial charge in [-0.25, -0.2) is 4.79 Å². The smallest absolute Gasteiger partial charge is 0.367 e. The molecule has 1 aromatic carbocycles. The number of carbonyl (C=O) groups excluding carboxylic acids is 1. The summed E-state index contributed by atoms with van der Waals surface area (Å²) in [6.45, 7) is 1.56. The van der Waals surface area contributed by atoms with E-state index in [1.54, 1.807) is 6.92 Å². The number of aromatic hydroxyl groups is 1. The van der Waals surface area contributed by atoms with Crippen LogP contribution < -0.4 is 0 Å². The third-order valence-electron chi connectivity index (χ3n) is 2.46. The molecular weight excluding hydrogens is 320 g/mol. The second-order valence-corrected chi connectivity index (χ2v) is 4.59. The zero-order valence-electron chi connectivity index (χ0n) is 9.58. The monoisotopic (exact) mass is 326 g/mol. The van der Waals surface area contributed by atoms with E-state index in [1.165, 1.54) is 12.1 Å². The van der Waals surface area contributed by atoms with Crippen LogP contribution in [-0.4, -0.2) is 21.7 Å². The van der Waals surface area contributed by atoms with E-state index in [0.717, 1.165) is 6.07 Å². The Morgan fingerprint density at radius 2 is 2.21 bits per heavy atom. The van der Waals surface area contributed by atoms with Crippen LogP contribution in [0.2, 0.25) is 0 Å². The van der Waals surface area contributed by atoms with Gasteiger partial charge in [0.1, 0.15) is 5.75 Å². The highest BCUT2D eigenvalue weighted by Gasteiger charge is 2.23. The van der Waals surface area contributed by atoms with Gasteiger partial charge in [-0.2, -0.15) is 0 Å². The highest BCUT2D eigenvalue weighted by atomic mass is 79.9. The van der Waals surface area contributed by atoms with Gasteiger partial charge in [-0.3, -0.25) is 10.1 Å². The zero-order valence-corrected chi connectivity index (χ0v) is 11.2. The highest BCUT2D eigenvalue weighted by Crippen LogP contribution is 2.34. The average molecular weight is 327 g/mol. The average Bonchev–Trinajstić information content (AvgIpc) is 2.66. The number of nitro benzene ring substituents is 1. The summed E-state index contributed by atoms with van der Waals surface area (Å²) in [5.41, 5.74) is 0.400. The molecule has 7 nitrogen and oxygen atoms in total. The molecule has 98 valence electrons. The van der Waals surface area contributed by atoms with Crippen molar-refractivity contribution in [2.75, 3.05) is 0 Å². The van der Waals surface area contributed by atoms with Crippen LogP contribution in [0.25, 0.3) is 6.08 Å². The fraction of sp³-hybridized carbons (Fsp3) is 0.0909. The van der Waals surface area contributed by atoms with Gasteiger partial charge in [0.05, 0.1) is 20.7 Å². The van der Waals surface area contributed by atoms with E-state index in [2.05, 4.69) is 25.9 Å². The Morgan fingerprint density at radius 1 is 1.53 bits per heavy atom. The van der Waals surface area contributed by atoms with Crippen molar-refractivity contribution in [3.63, 3.8) is 0 Å². The number of phenols is 1. The lowest BCUT2D eigenvalue weighted by Crippen LogP contribution is -2.02. The van der Waals surface area contributed by atoms with E-state index in [-0.39, 0.29) is 27.0 Å². The number of rotatable bonds is 2. The van der Waals surface area contributed by atoms with Gasteiger partial charge in [-0.05, 0) is 28.9 Å². The van der Waals surface area contributed by atoms with E-state index in [1.807, 2.05) is 0 Å². The van der Waals surface area contributed by atoms with Gasteiger partial charge in [-0.15, -0.1) is 0 Å². The molecule has 0 amide bonds. The van der Waals surface area contributed by atoms with Crippen molar-refractivity contribution < 1.29 is 19.7 Å². The first-order chi connectivity index (χ1) is 8.90. The predicted octanol–water partition coefficient (Wildman–Crippen LogP) is 2.38. The fourth-order valence-corrected chi connectivity index (χ4v) is 1.96. The Kier molecular flexibility index (Phi) is 3.34. The molecule has 1 N–H and O–H groups in total. The molecule has 19 heavy (non-hydrogen) atoms. The molecule has 0 spiro atoms. The quantitative estimate of drug-likeness (QED) is 0.389. The van der Waals surface area contributed by atoms with Gasteiger partial charge in [0.2, 0.25) is 0 Å². The van der Waals surface area contributed by atoms with Crippen LogP contribution in [0.1, 0.15) is 12.5 Å². The molecule has 1 aliphatic heterocycles. The molecule has 0 saturated heterocycles. The lowest BCUT2D eigenvalue weighted by molar-refractivity contribution is -0.385. The number of carbonyl (C=O) groups is 1. The van der Waals surface area contributed by atoms with E-state index >= 15 is 0 Å². The summed E-state index contributed by atoms with van der Waals surface area (Å²) in [6, 6.07) is 2.33.